The van der Waals surface area contributed by atoms with Crippen molar-refractivity contribution < 1.29 is 18.0 Å². The zero-order valence-electron chi connectivity index (χ0n) is 19.8. The van der Waals surface area contributed by atoms with Crippen LogP contribution in [0.4, 0.5) is 24.8 Å². The first-order valence-electron chi connectivity index (χ1n) is 11.6. The van der Waals surface area contributed by atoms with E-state index in [-0.39, 0.29) is 22.7 Å². The molecule has 0 bridgehead atoms. The van der Waals surface area contributed by atoms with Crippen LogP contribution in [0.25, 0.3) is 11.1 Å². The molecular formula is C26H28F3N5O. The van der Waals surface area contributed by atoms with Crippen molar-refractivity contribution in [1.29, 1.82) is 0 Å². The number of nitrogens with one attached hydrogen (secondary N) is 1. The van der Waals surface area contributed by atoms with Crippen LogP contribution in [0.5, 0.6) is 0 Å². The largest absolute Gasteiger partial charge is 0.399 e. The fourth-order valence-electron chi connectivity index (χ4n) is 4.13. The lowest BCUT2D eigenvalue weighted by Gasteiger charge is -2.32. The highest BCUT2D eigenvalue weighted by Gasteiger charge is 2.22. The highest BCUT2D eigenvalue weighted by atomic mass is 19.1. The van der Waals surface area contributed by atoms with E-state index in [2.05, 4.69) is 37.1 Å². The molecule has 0 amide bonds. The van der Waals surface area contributed by atoms with Crippen molar-refractivity contribution in [3.05, 3.63) is 71.3 Å². The molecule has 1 fully saturated rings. The molecule has 2 aromatic carbocycles. The Hall–Kier alpha value is -3.62. The summed E-state index contributed by atoms with van der Waals surface area (Å²) in [6.45, 7) is 4.07. The normalized spacial score (nSPS) is 14.5. The van der Waals surface area contributed by atoms with Crippen molar-refractivity contribution in [3.8, 4) is 11.1 Å². The number of oxime groups is 1. The van der Waals surface area contributed by atoms with Crippen LogP contribution < -0.4 is 10.2 Å². The number of aromatic nitrogens is 2. The Balaban J connectivity index is 1.37. The number of aryl methyl sites for hydroxylation is 1. The lowest BCUT2D eigenvalue weighted by molar-refractivity contribution is 0.215. The van der Waals surface area contributed by atoms with Crippen molar-refractivity contribution >= 4 is 17.9 Å². The van der Waals surface area contributed by atoms with Gasteiger partial charge < -0.3 is 15.1 Å². The topological polar surface area (TPSA) is 62.6 Å². The van der Waals surface area contributed by atoms with Crippen LogP contribution >= 0.6 is 0 Å². The summed E-state index contributed by atoms with van der Waals surface area (Å²) in [6.07, 6.45) is 7.66. The zero-order valence-corrected chi connectivity index (χ0v) is 19.8. The van der Waals surface area contributed by atoms with Crippen LogP contribution in [0, 0.1) is 23.4 Å². The van der Waals surface area contributed by atoms with Gasteiger partial charge in [-0.3, -0.25) is 0 Å². The van der Waals surface area contributed by atoms with Crippen LogP contribution in [0.3, 0.4) is 0 Å². The molecule has 0 spiro atoms. The van der Waals surface area contributed by atoms with E-state index in [1.807, 2.05) is 12.4 Å². The van der Waals surface area contributed by atoms with Gasteiger partial charge in [0.1, 0.15) is 30.2 Å². The molecule has 0 atom stereocenters. The van der Waals surface area contributed by atoms with E-state index in [0.29, 0.717) is 18.1 Å². The Morgan fingerprint density at radius 3 is 2.34 bits per heavy atom. The number of hydrogen-bond acceptors (Lipinski definition) is 6. The van der Waals surface area contributed by atoms with Gasteiger partial charge in [-0.05, 0) is 60.1 Å². The number of hydrogen-bond donors (Lipinski definition) is 1. The van der Waals surface area contributed by atoms with Gasteiger partial charge in [0, 0.05) is 37.6 Å². The van der Waals surface area contributed by atoms with Crippen molar-refractivity contribution in [2.45, 2.75) is 26.2 Å². The molecule has 1 aliphatic heterocycles. The maximum atomic E-state index is 14.8. The molecule has 1 aliphatic rings. The summed E-state index contributed by atoms with van der Waals surface area (Å²) >= 11 is 0. The Morgan fingerprint density at radius 2 is 1.74 bits per heavy atom. The van der Waals surface area contributed by atoms with Crippen LogP contribution in [0.2, 0.25) is 0 Å². The molecule has 1 aromatic heterocycles. The predicted molar refractivity (Wildman–Crippen MR) is 131 cm³/mol. The molecule has 35 heavy (non-hydrogen) atoms. The summed E-state index contributed by atoms with van der Waals surface area (Å²) in [5, 5.41) is 6.50. The molecular weight excluding hydrogens is 455 g/mol. The van der Waals surface area contributed by atoms with E-state index in [0.717, 1.165) is 50.0 Å². The molecule has 1 N–H and O–H groups in total. The predicted octanol–water partition coefficient (Wildman–Crippen LogP) is 5.43. The average Bonchev–Trinajstić information content (AvgIpc) is 2.87. The maximum Gasteiger partial charge on any atom is 0.225 e. The molecule has 1 saturated heterocycles. The fraction of sp³-hybridized carbons (Fsp3) is 0.346. The van der Waals surface area contributed by atoms with E-state index in [1.54, 1.807) is 6.07 Å². The van der Waals surface area contributed by atoms with Gasteiger partial charge in [-0.15, -0.1) is 0 Å². The zero-order chi connectivity index (χ0) is 24.8. The number of rotatable bonds is 8. The third kappa shape index (κ3) is 5.90. The number of benzene rings is 2. The van der Waals surface area contributed by atoms with Gasteiger partial charge in [0.05, 0.1) is 6.21 Å². The van der Waals surface area contributed by atoms with Gasteiger partial charge in [0.15, 0.2) is 0 Å². The molecule has 0 saturated carbocycles. The lowest BCUT2D eigenvalue weighted by Crippen LogP contribution is -2.37. The van der Waals surface area contributed by atoms with Gasteiger partial charge >= 0.3 is 0 Å². The Labute approximate surface area is 202 Å². The third-order valence-electron chi connectivity index (χ3n) is 6.22. The Morgan fingerprint density at radius 1 is 1.06 bits per heavy atom. The average molecular weight is 484 g/mol. The van der Waals surface area contributed by atoms with Crippen molar-refractivity contribution in [1.82, 2.24) is 9.97 Å². The van der Waals surface area contributed by atoms with Gasteiger partial charge in [0.25, 0.3) is 0 Å². The van der Waals surface area contributed by atoms with E-state index in [4.69, 9.17) is 0 Å². The summed E-state index contributed by atoms with van der Waals surface area (Å²) in [5.41, 5.74) is 1.60. The summed E-state index contributed by atoms with van der Waals surface area (Å²) in [4.78, 5) is 15.6. The highest BCUT2D eigenvalue weighted by molar-refractivity contribution is 5.81. The number of halogens is 3. The van der Waals surface area contributed by atoms with Crippen LogP contribution in [-0.2, 0) is 11.3 Å². The molecule has 184 valence electrons. The number of anilines is 2. The van der Waals surface area contributed by atoms with Crippen molar-refractivity contribution in [2.24, 2.45) is 11.1 Å². The first kappa shape index (κ1) is 24.5. The minimum atomic E-state index is -0.758. The second-order valence-corrected chi connectivity index (χ2v) is 8.53. The standard InChI is InChI=1S/C26H28F3N5O/c1-3-17-13-31-26(32-14-17)34-8-6-18(7-9-34)15-30-25-23(28)11-20(12-24(25)29)21-5-4-19(10-22(21)27)16-33-35-2/h4-5,10-14,16,18,30H,3,6-9,15H2,1-2H3/b33-16+. The van der Waals surface area contributed by atoms with Crippen LogP contribution in [0.15, 0.2) is 47.9 Å². The SMILES string of the molecule is CCc1cnc(N2CCC(CNc3c(F)cc(-c4ccc(/C=N/OC)cc4F)cc3F)CC2)nc1. The molecule has 4 rings (SSSR count). The van der Waals surface area contributed by atoms with E-state index >= 15 is 0 Å². The summed E-state index contributed by atoms with van der Waals surface area (Å²) in [5.74, 6) is -1.15. The van der Waals surface area contributed by atoms with Crippen LogP contribution in [0.1, 0.15) is 30.9 Å². The summed E-state index contributed by atoms with van der Waals surface area (Å²) in [6, 6.07) is 6.58. The van der Waals surface area contributed by atoms with Gasteiger partial charge in [-0.2, -0.15) is 0 Å². The van der Waals surface area contributed by atoms with E-state index in [9.17, 15) is 13.2 Å². The summed E-state index contributed by atoms with van der Waals surface area (Å²) in [7, 11) is 1.38. The second-order valence-electron chi connectivity index (χ2n) is 8.53. The number of piperidine rings is 1. The first-order valence-corrected chi connectivity index (χ1v) is 11.6. The molecule has 0 aliphatic carbocycles. The Kier molecular flexibility index (Phi) is 7.84. The molecule has 0 unspecified atom stereocenters. The van der Waals surface area contributed by atoms with Crippen LogP contribution in [-0.4, -0.2) is 42.9 Å². The maximum absolute atomic E-state index is 14.8. The van der Waals surface area contributed by atoms with Gasteiger partial charge in [0.2, 0.25) is 5.95 Å². The van der Waals surface area contributed by atoms with Gasteiger partial charge in [-0.1, -0.05) is 24.2 Å². The molecule has 9 heteroatoms. The minimum Gasteiger partial charge on any atom is -0.399 e. The summed E-state index contributed by atoms with van der Waals surface area (Å²) < 4.78 is 44.1. The van der Waals surface area contributed by atoms with Crippen molar-refractivity contribution in [3.63, 3.8) is 0 Å². The minimum absolute atomic E-state index is 0.102. The molecule has 2 heterocycles. The number of nitrogens with zero attached hydrogens (tertiary/aromatic N) is 4. The molecule has 6 nitrogen and oxygen atoms in total. The highest BCUT2D eigenvalue weighted by Crippen LogP contribution is 2.30. The smallest absolute Gasteiger partial charge is 0.225 e. The quantitative estimate of drug-likeness (QED) is 0.342. The fourth-order valence-corrected chi connectivity index (χ4v) is 4.13. The van der Waals surface area contributed by atoms with E-state index < -0.39 is 17.5 Å². The second kappa shape index (κ2) is 11.2. The van der Waals surface area contributed by atoms with E-state index in [1.165, 1.54) is 25.5 Å². The van der Waals surface area contributed by atoms with Crippen molar-refractivity contribution in [2.75, 3.05) is 37.0 Å². The first-order chi connectivity index (χ1) is 17.0. The lowest BCUT2D eigenvalue weighted by atomic mass is 9.96. The Bertz CT molecular complexity index is 1160. The third-order valence-corrected chi connectivity index (χ3v) is 6.22. The monoisotopic (exact) mass is 483 g/mol. The molecule has 0 radical (unpaired) electrons. The molecule has 3 aromatic rings. The van der Waals surface area contributed by atoms with Gasteiger partial charge in [-0.25, -0.2) is 23.1 Å².